The van der Waals surface area contributed by atoms with E-state index in [0.29, 0.717) is 60.4 Å². The van der Waals surface area contributed by atoms with Gasteiger partial charge in [0.05, 0.1) is 11.1 Å². The Balaban J connectivity index is 1.61. The van der Waals surface area contributed by atoms with Crippen molar-refractivity contribution in [3.05, 3.63) is 94.5 Å². The number of aromatic carboxylic acids is 1. The molecule has 1 amide bonds. The summed E-state index contributed by atoms with van der Waals surface area (Å²) < 4.78 is 47.2. The van der Waals surface area contributed by atoms with E-state index in [1.165, 1.54) is 12.1 Å². The molecule has 39 heavy (non-hydrogen) atoms. The summed E-state index contributed by atoms with van der Waals surface area (Å²) in [6.07, 6.45) is -0.734. The van der Waals surface area contributed by atoms with Crippen LogP contribution in [0.3, 0.4) is 0 Å². The third-order valence-electron chi connectivity index (χ3n) is 7.24. The van der Waals surface area contributed by atoms with Gasteiger partial charge >= 0.3 is 12.1 Å². The fourth-order valence-corrected chi connectivity index (χ4v) is 5.31. The Hall–Kier alpha value is -4.07. The average Bonchev–Trinajstić information content (AvgIpc) is 3.42. The lowest BCUT2D eigenvalue weighted by atomic mass is 9.93. The van der Waals surface area contributed by atoms with E-state index in [1.807, 2.05) is 30.3 Å². The lowest BCUT2D eigenvalue weighted by molar-refractivity contribution is -0.137. The molecule has 0 unspecified atom stereocenters. The standard InChI is InChI=1S/C31H28F3NO4/c32-31(33,34)23-12-13-28(39-19-20-7-2-1-3-8-20)27(18-23)26-10-6-9-25(26)21-15-22(30(37)38)17-24(16-21)35-14-5-4-11-29(35)36/h1-3,7-8,12-13,15-18H,4-6,9-11,14,19H2,(H,37,38). The van der Waals surface area contributed by atoms with Crippen molar-refractivity contribution in [2.24, 2.45) is 0 Å². The van der Waals surface area contributed by atoms with Crippen LogP contribution in [0.1, 0.15) is 71.1 Å². The van der Waals surface area contributed by atoms with Gasteiger partial charge in [-0.15, -0.1) is 0 Å². The first-order chi connectivity index (χ1) is 18.7. The summed E-state index contributed by atoms with van der Waals surface area (Å²) in [5.74, 6) is -0.861. The number of carboxylic acid groups (broad SMARTS) is 1. The summed E-state index contributed by atoms with van der Waals surface area (Å²) in [7, 11) is 0. The van der Waals surface area contributed by atoms with Crippen LogP contribution in [0.4, 0.5) is 18.9 Å². The van der Waals surface area contributed by atoms with Crippen molar-refractivity contribution in [1.82, 2.24) is 0 Å². The third kappa shape index (κ3) is 5.85. The number of hydrogen-bond acceptors (Lipinski definition) is 3. The van der Waals surface area contributed by atoms with Gasteiger partial charge in [0, 0.05) is 24.2 Å². The molecule has 3 aromatic rings. The molecule has 1 heterocycles. The molecular weight excluding hydrogens is 507 g/mol. The normalized spacial score (nSPS) is 16.1. The fraction of sp³-hybridized carbons (Fsp3) is 0.290. The highest BCUT2D eigenvalue weighted by atomic mass is 19.4. The molecule has 0 spiro atoms. The molecule has 202 valence electrons. The van der Waals surface area contributed by atoms with Crippen molar-refractivity contribution in [1.29, 1.82) is 0 Å². The molecule has 1 saturated heterocycles. The van der Waals surface area contributed by atoms with Gasteiger partial charge in [-0.1, -0.05) is 30.3 Å². The summed E-state index contributed by atoms with van der Waals surface area (Å²) >= 11 is 0. The van der Waals surface area contributed by atoms with E-state index in [-0.39, 0.29) is 18.1 Å². The highest BCUT2D eigenvalue weighted by Gasteiger charge is 2.33. The Morgan fingerprint density at radius 2 is 1.67 bits per heavy atom. The van der Waals surface area contributed by atoms with Crippen LogP contribution in [-0.4, -0.2) is 23.5 Å². The minimum absolute atomic E-state index is 0.0317. The van der Waals surface area contributed by atoms with Crippen molar-refractivity contribution >= 4 is 28.7 Å². The van der Waals surface area contributed by atoms with Crippen molar-refractivity contribution in [3.63, 3.8) is 0 Å². The molecule has 0 atom stereocenters. The predicted octanol–water partition coefficient (Wildman–Crippen LogP) is 7.59. The van der Waals surface area contributed by atoms with E-state index < -0.39 is 17.7 Å². The lowest BCUT2D eigenvalue weighted by Crippen LogP contribution is -2.35. The fourth-order valence-electron chi connectivity index (χ4n) is 5.31. The Morgan fingerprint density at radius 3 is 2.38 bits per heavy atom. The number of carbonyl (C=O) groups excluding carboxylic acids is 1. The van der Waals surface area contributed by atoms with Gasteiger partial charge in [0.25, 0.3) is 0 Å². The Labute approximate surface area is 224 Å². The lowest BCUT2D eigenvalue weighted by Gasteiger charge is -2.27. The third-order valence-corrected chi connectivity index (χ3v) is 7.24. The molecule has 5 rings (SSSR count). The first kappa shape index (κ1) is 26.5. The number of benzene rings is 3. The van der Waals surface area contributed by atoms with Crippen LogP contribution in [0.2, 0.25) is 0 Å². The summed E-state index contributed by atoms with van der Waals surface area (Å²) in [5.41, 5.74) is 3.06. The number of hydrogen-bond donors (Lipinski definition) is 1. The molecule has 1 N–H and O–H groups in total. The number of carbonyl (C=O) groups is 2. The maximum atomic E-state index is 13.7. The van der Waals surface area contributed by atoms with Gasteiger partial charge < -0.3 is 14.7 Å². The SMILES string of the molecule is O=C(O)c1cc(C2=C(c3cc(C(F)(F)F)ccc3OCc3ccccc3)CCC2)cc(N2CCCCC2=O)c1. The molecule has 1 aliphatic carbocycles. The number of ether oxygens (including phenoxy) is 1. The molecule has 8 heteroatoms. The van der Waals surface area contributed by atoms with Gasteiger partial charge in [-0.3, -0.25) is 4.79 Å². The largest absolute Gasteiger partial charge is 0.488 e. The first-order valence-electron chi connectivity index (χ1n) is 13.0. The van der Waals surface area contributed by atoms with Gasteiger partial charge in [0.15, 0.2) is 0 Å². The molecule has 0 saturated carbocycles. The Bertz CT molecular complexity index is 1430. The monoisotopic (exact) mass is 535 g/mol. The maximum Gasteiger partial charge on any atom is 0.416 e. The second kappa shape index (κ2) is 11.0. The number of anilines is 1. The Kier molecular flexibility index (Phi) is 7.46. The van der Waals surface area contributed by atoms with Gasteiger partial charge in [-0.25, -0.2) is 4.79 Å². The second-order valence-corrected chi connectivity index (χ2v) is 9.87. The van der Waals surface area contributed by atoms with Crippen molar-refractivity contribution in [2.75, 3.05) is 11.4 Å². The zero-order valence-corrected chi connectivity index (χ0v) is 21.3. The van der Waals surface area contributed by atoms with Crippen LogP contribution in [-0.2, 0) is 17.6 Å². The minimum Gasteiger partial charge on any atom is -0.488 e. The number of nitrogens with zero attached hydrogens (tertiary/aromatic N) is 1. The maximum absolute atomic E-state index is 13.7. The van der Waals surface area contributed by atoms with Crippen LogP contribution >= 0.6 is 0 Å². The zero-order chi connectivity index (χ0) is 27.6. The van der Waals surface area contributed by atoms with Gasteiger partial charge in [0.1, 0.15) is 12.4 Å². The quantitative estimate of drug-likeness (QED) is 0.338. The van der Waals surface area contributed by atoms with Gasteiger partial charge in [-0.05, 0) is 90.8 Å². The van der Waals surface area contributed by atoms with E-state index >= 15 is 0 Å². The molecule has 2 aliphatic rings. The van der Waals surface area contributed by atoms with E-state index in [4.69, 9.17) is 4.74 Å². The number of allylic oxidation sites excluding steroid dienone is 2. The molecular formula is C31H28F3NO4. The number of halogens is 3. The van der Waals surface area contributed by atoms with Gasteiger partial charge in [-0.2, -0.15) is 13.2 Å². The second-order valence-electron chi connectivity index (χ2n) is 9.87. The summed E-state index contributed by atoms with van der Waals surface area (Å²) in [6, 6.07) is 17.7. The zero-order valence-electron chi connectivity index (χ0n) is 21.3. The molecule has 3 aromatic carbocycles. The van der Waals surface area contributed by atoms with Crippen LogP contribution in [0.5, 0.6) is 5.75 Å². The number of carboxylic acids is 1. The predicted molar refractivity (Wildman–Crippen MR) is 142 cm³/mol. The topological polar surface area (TPSA) is 66.8 Å². The molecule has 1 aliphatic heterocycles. The number of rotatable bonds is 7. The summed E-state index contributed by atoms with van der Waals surface area (Å²) in [4.78, 5) is 26.2. The first-order valence-corrected chi connectivity index (χ1v) is 13.0. The van der Waals surface area contributed by atoms with Crippen LogP contribution in [0, 0.1) is 0 Å². The number of alkyl halides is 3. The van der Waals surface area contributed by atoms with Gasteiger partial charge in [0.2, 0.25) is 5.91 Å². The highest BCUT2D eigenvalue weighted by Crippen LogP contribution is 2.45. The minimum atomic E-state index is -4.53. The van der Waals surface area contributed by atoms with Crippen LogP contribution in [0.25, 0.3) is 11.1 Å². The number of piperidine rings is 1. The van der Waals surface area contributed by atoms with Crippen molar-refractivity contribution in [3.8, 4) is 5.75 Å². The molecule has 0 radical (unpaired) electrons. The van der Waals surface area contributed by atoms with E-state index in [9.17, 15) is 27.9 Å². The molecule has 0 bridgehead atoms. The van der Waals surface area contributed by atoms with Crippen molar-refractivity contribution < 1.29 is 32.6 Å². The highest BCUT2D eigenvalue weighted by molar-refractivity contribution is 6.00. The summed E-state index contributed by atoms with van der Waals surface area (Å²) in [6.45, 7) is 0.690. The van der Waals surface area contributed by atoms with Crippen LogP contribution in [0.15, 0.2) is 66.7 Å². The van der Waals surface area contributed by atoms with Crippen LogP contribution < -0.4 is 9.64 Å². The van der Waals surface area contributed by atoms with E-state index in [1.54, 1.807) is 17.0 Å². The van der Waals surface area contributed by atoms with E-state index in [0.717, 1.165) is 36.1 Å². The average molecular weight is 536 g/mol. The number of amides is 1. The van der Waals surface area contributed by atoms with E-state index in [2.05, 4.69) is 0 Å². The smallest absolute Gasteiger partial charge is 0.416 e. The summed E-state index contributed by atoms with van der Waals surface area (Å²) in [5, 5.41) is 9.81. The molecule has 1 fully saturated rings. The van der Waals surface area contributed by atoms with Crippen molar-refractivity contribution in [2.45, 2.75) is 51.3 Å². The Morgan fingerprint density at radius 1 is 0.897 bits per heavy atom. The molecule has 5 nitrogen and oxygen atoms in total. The molecule has 0 aromatic heterocycles.